The van der Waals surface area contributed by atoms with Crippen molar-refractivity contribution in [3.8, 4) is 39.1 Å². The lowest BCUT2D eigenvalue weighted by molar-refractivity contribution is 0.461. The number of aromatic nitrogens is 2. The predicted molar refractivity (Wildman–Crippen MR) is 304 cm³/mol. The zero-order chi connectivity index (χ0) is 46.8. The molecule has 0 aliphatic heterocycles. The molecule has 4 heteroatoms. The Kier molecular flexibility index (Phi) is 7.84. The fourth-order valence-corrected chi connectivity index (χ4v) is 14.7. The number of thiophene rings is 1. The highest BCUT2D eigenvalue weighted by atomic mass is 32.1. The summed E-state index contributed by atoms with van der Waals surface area (Å²) in [6.07, 6.45) is 10.2. The van der Waals surface area contributed by atoms with Crippen molar-refractivity contribution in [2.24, 2.45) is 0 Å². The molecule has 10 aromatic carbocycles. The average molecular weight is 935 g/mol. The summed E-state index contributed by atoms with van der Waals surface area (Å²) in [5.41, 5.74) is 22.5. The van der Waals surface area contributed by atoms with E-state index < -0.39 is 0 Å². The van der Waals surface area contributed by atoms with E-state index >= 15 is 0 Å². The number of fused-ring (bicyclic) bond motifs is 20. The van der Waals surface area contributed by atoms with Gasteiger partial charge in [-0.2, -0.15) is 0 Å². The highest BCUT2D eigenvalue weighted by Gasteiger charge is 2.33. The zero-order valence-corrected chi connectivity index (χ0v) is 39.9. The van der Waals surface area contributed by atoms with Crippen molar-refractivity contribution >= 4 is 109 Å². The van der Waals surface area contributed by atoms with Gasteiger partial charge < -0.3 is 13.6 Å². The molecule has 72 heavy (non-hydrogen) atoms. The van der Waals surface area contributed by atoms with E-state index in [0.717, 1.165) is 30.6 Å². The van der Waals surface area contributed by atoms with E-state index in [1.165, 1.54) is 147 Å². The Balaban J connectivity index is 0.000000120. The highest BCUT2D eigenvalue weighted by Crippen LogP contribution is 2.55. The van der Waals surface area contributed by atoms with Crippen LogP contribution in [0.15, 0.2) is 211 Å². The maximum atomic E-state index is 6.59. The van der Waals surface area contributed by atoms with Gasteiger partial charge in [0, 0.05) is 75.0 Å². The number of furan rings is 1. The molecule has 0 radical (unpaired) electrons. The van der Waals surface area contributed by atoms with E-state index in [2.05, 4.69) is 221 Å². The Morgan fingerprint density at radius 2 is 1.24 bits per heavy atom. The smallest absolute Gasteiger partial charge is 0.135 e. The first-order valence-corrected chi connectivity index (χ1v) is 26.1. The first-order valence-electron chi connectivity index (χ1n) is 25.3. The monoisotopic (exact) mass is 934 g/mol. The van der Waals surface area contributed by atoms with Crippen molar-refractivity contribution in [2.45, 2.75) is 25.3 Å². The van der Waals surface area contributed by atoms with Crippen LogP contribution in [0.4, 0.5) is 0 Å². The van der Waals surface area contributed by atoms with E-state index in [1.807, 2.05) is 11.3 Å². The van der Waals surface area contributed by atoms with Gasteiger partial charge in [-0.05, 0) is 123 Å². The number of nitrogens with zero attached hydrogens (tertiary/aromatic N) is 2. The number of allylic oxidation sites excluding steroid dienone is 2. The third-order valence-corrected chi connectivity index (χ3v) is 17.6. The van der Waals surface area contributed by atoms with Crippen molar-refractivity contribution < 1.29 is 4.42 Å². The summed E-state index contributed by atoms with van der Waals surface area (Å²) in [4.78, 5) is 0. The van der Waals surface area contributed by atoms with Crippen LogP contribution in [0, 0.1) is 0 Å². The lowest BCUT2D eigenvalue weighted by atomic mass is 9.90. The molecule has 0 fully saturated rings. The molecular formula is C68H42N2OS. The minimum absolute atomic E-state index is 0.0919. The van der Waals surface area contributed by atoms with Gasteiger partial charge in [0.15, 0.2) is 0 Å². The second kappa shape index (κ2) is 14.4. The molecule has 0 N–H and O–H groups in total. The number of para-hydroxylation sites is 3. The van der Waals surface area contributed by atoms with Crippen LogP contribution in [0.25, 0.3) is 136 Å². The molecule has 0 amide bonds. The highest BCUT2D eigenvalue weighted by molar-refractivity contribution is 7.25. The number of benzene rings is 10. The quantitative estimate of drug-likeness (QED) is 0.169. The third-order valence-electron chi connectivity index (χ3n) is 16.5. The summed E-state index contributed by atoms with van der Waals surface area (Å²) in [6.45, 7) is 0. The van der Waals surface area contributed by atoms with Gasteiger partial charge in [0.1, 0.15) is 11.3 Å². The SMILES string of the molecule is C1=C2c3ccc4c(c3-c3cccc(c32)CC1)c1ccccc1n4-c1ccc2sc3ccccc3c2c1.C1=Cc2c(oc3ccccc23)C(n2c3ccccc3c3ccc4c(c32)-c2cccc3cccc-4c23)C1. The molecule has 18 rings (SSSR count). The van der Waals surface area contributed by atoms with Gasteiger partial charge >= 0.3 is 0 Å². The minimum Gasteiger partial charge on any atom is -0.458 e. The summed E-state index contributed by atoms with van der Waals surface area (Å²) in [5, 5.41) is 11.9. The Hall–Kier alpha value is -8.70. The summed E-state index contributed by atoms with van der Waals surface area (Å²) in [7, 11) is 0. The van der Waals surface area contributed by atoms with Gasteiger partial charge in [0.05, 0.1) is 22.6 Å². The molecule has 14 aromatic rings. The average Bonchev–Trinajstić information content (AvgIpc) is 4.29. The van der Waals surface area contributed by atoms with Crippen molar-refractivity contribution in [3.05, 3.63) is 234 Å². The maximum Gasteiger partial charge on any atom is 0.135 e. The van der Waals surface area contributed by atoms with Gasteiger partial charge in [-0.3, -0.25) is 0 Å². The van der Waals surface area contributed by atoms with E-state index in [0.29, 0.717) is 0 Å². The Morgan fingerprint density at radius 3 is 2.15 bits per heavy atom. The molecule has 1 unspecified atom stereocenters. The van der Waals surface area contributed by atoms with Gasteiger partial charge in [0.2, 0.25) is 0 Å². The van der Waals surface area contributed by atoms with Crippen LogP contribution in [-0.2, 0) is 6.42 Å². The van der Waals surface area contributed by atoms with Gasteiger partial charge in [0.25, 0.3) is 0 Å². The molecule has 336 valence electrons. The van der Waals surface area contributed by atoms with E-state index in [9.17, 15) is 0 Å². The molecule has 1 atom stereocenters. The van der Waals surface area contributed by atoms with Crippen molar-refractivity contribution in [1.82, 2.24) is 9.13 Å². The second-order valence-electron chi connectivity index (χ2n) is 20.0. The van der Waals surface area contributed by atoms with Gasteiger partial charge in [-0.1, -0.05) is 164 Å². The largest absolute Gasteiger partial charge is 0.458 e. The molecule has 4 aliphatic carbocycles. The van der Waals surface area contributed by atoms with E-state index in [-0.39, 0.29) is 6.04 Å². The Labute approximate surface area is 418 Å². The molecule has 3 nitrogen and oxygen atoms in total. The third kappa shape index (κ3) is 5.14. The van der Waals surface area contributed by atoms with Gasteiger partial charge in [-0.15, -0.1) is 11.3 Å². The Bertz CT molecular complexity index is 4790. The van der Waals surface area contributed by atoms with Crippen LogP contribution in [-0.4, -0.2) is 9.13 Å². The van der Waals surface area contributed by atoms with Gasteiger partial charge in [-0.25, -0.2) is 0 Å². The van der Waals surface area contributed by atoms with Crippen LogP contribution in [0.2, 0.25) is 0 Å². The van der Waals surface area contributed by atoms with Crippen LogP contribution in [0.3, 0.4) is 0 Å². The fourth-order valence-electron chi connectivity index (χ4n) is 13.6. The van der Waals surface area contributed by atoms with Crippen LogP contribution >= 0.6 is 11.3 Å². The minimum atomic E-state index is 0.0919. The number of hydrogen-bond acceptors (Lipinski definition) is 2. The molecule has 4 aromatic heterocycles. The fraction of sp³-hybridized carbons (Fsp3) is 0.0588. The summed E-state index contributed by atoms with van der Waals surface area (Å²) < 4.78 is 14.3. The summed E-state index contributed by atoms with van der Waals surface area (Å²) in [5.74, 6) is 1.06. The molecule has 4 heterocycles. The first-order chi connectivity index (χ1) is 35.7. The molecule has 0 saturated heterocycles. The maximum absolute atomic E-state index is 6.59. The molecular weight excluding hydrogens is 893 g/mol. The standard InChI is InChI=1S/C34H21NO.C34H21NS/c1-3-15-28-21(10-1)25-19-18-24-23-12-5-8-20-9-6-14-27(31(20)23)32(24)33(25)35(28)29-16-7-13-26-22-11-2-4-17-30(22)36-34(26)29;1-3-13-28-25(10-1)34-29(17-16-24-23-11-5-7-20-8-6-12-26(32(20)23)33(24)34)35(28)21-15-18-31-27(19-21)22-9-2-4-14-30(22)36-31/h1-15,17-19,29H,16H2;1-4,6,8-19H,5,7H2. The zero-order valence-electron chi connectivity index (χ0n) is 39.1. The molecule has 4 aliphatic rings. The number of rotatable bonds is 2. The van der Waals surface area contributed by atoms with Crippen LogP contribution in [0.5, 0.6) is 0 Å². The normalized spacial score (nSPS) is 14.9. The van der Waals surface area contributed by atoms with Crippen LogP contribution in [0.1, 0.15) is 46.9 Å². The Morgan fingerprint density at radius 1 is 0.486 bits per heavy atom. The number of hydrogen-bond donors (Lipinski definition) is 0. The van der Waals surface area contributed by atoms with Crippen molar-refractivity contribution in [2.75, 3.05) is 0 Å². The summed E-state index contributed by atoms with van der Waals surface area (Å²) in [6, 6.07) is 71.7. The van der Waals surface area contributed by atoms with E-state index in [1.54, 1.807) is 0 Å². The second-order valence-corrected chi connectivity index (χ2v) is 21.1. The van der Waals surface area contributed by atoms with E-state index in [4.69, 9.17) is 4.42 Å². The van der Waals surface area contributed by atoms with Crippen LogP contribution < -0.4 is 0 Å². The topological polar surface area (TPSA) is 23.0 Å². The van der Waals surface area contributed by atoms with Crippen molar-refractivity contribution in [3.63, 3.8) is 0 Å². The number of aryl methyl sites for hydroxylation is 1. The lowest BCUT2D eigenvalue weighted by Crippen LogP contribution is -2.12. The molecule has 0 spiro atoms. The lowest BCUT2D eigenvalue weighted by Gasteiger charge is -2.23. The molecule has 0 saturated carbocycles. The summed E-state index contributed by atoms with van der Waals surface area (Å²) >= 11 is 1.88. The van der Waals surface area contributed by atoms with Crippen molar-refractivity contribution in [1.29, 1.82) is 0 Å². The molecule has 0 bridgehead atoms. The predicted octanol–water partition coefficient (Wildman–Crippen LogP) is 18.9. The first kappa shape index (κ1) is 39.1.